The Morgan fingerprint density at radius 3 is 2.32 bits per heavy atom. The number of carbonyl (C=O) groups is 3. The van der Waals surface area contributed by atoms with Crippen LogP contribution < -0.4 is 0 Å². The minimum atomic E-state index is -1.36. The van der Waals surface area contributed by atoms with Gasteiger partial charge in [0.2, 0.25) is 0 Å². The normalized spacial score (nSPS) is 14.8. The van der Waals surface area contributed by atoms with Gasteiger partial charge in [-0.2, -0.15) is 0 Å². The molecular weight excluding hydrogens is 524 g/mol. The number of aliphatic carboxylic acids is 1. The third-order valence-corrected chi connectivity index (χ3v) is 7.78. The quantitative estimate of drug-likeness (QED) is 0.230. The van der Waals surface area contributed by atoms with Gasteiger partial charge in [0.1, 0.15) is 5.56 Å². The average Bonchev–Trinajstić information content (AvgIpc) is 3.63. The molecule has 0 fully saturated rings. The van der Waals surface area contributed by atoms with Crippen LogP contribution in [-0.2, 0) is 11.2 Å². The maximum absolute atomic E-state index is 12.8. The summed E-state index contributed by atoms with van der Waals surface area (Å²) in [6.07, 6.45) is 2.67. The smallest absolute Gasteiger partial charge is 0.339 e. The Kier molecular flexibility index (Phi) is 7.08. The van der Waals surface area contributed by atoms with Crippen LogP contribution in [0.25, 0.3) is 39.3 Å². The number of H-pyrrole nitrogens is 2. The second-order valence-corrected chi connectivity index (χ2v) is 10.3. The minimum Gasteiger partial charge on any atom is -0.481 e. The van der Waals surface area contributed by atoms with Crippen LogP contribution in [0.2, 0.25) is 0 Å². The predicted molar refractivity (Wildman–Crippen MR) is 156 cm³/mol. The Balaban J connectivity index is 1.99. The van der Waals surface area contributed by atoms with Crippen molar-refractivity contribution in [3.63, 3.8) is 0 Å². The van der Waals surface area contributed by atoms with Crippen LogP contribution in [0, 0.1) is 6.92 Å². The summed E-state index contributed by atoms with van der Waals surface area (Å²) in [6, 6.07) is 7.39. The Morgan fingerprint density at radius 1 is 0.976 bits per heavy atom. The number of aryl methyl sites for hydroxylation is 1. The Morgan fingerprint density at radius 2 is 1.68 bits per heavy atom. The van der Waals surface area contributed by atoms with Crippen molar-refractivity contribution in [1.29, 1.82) is 0 Å². The molecule has 41 heavy (non-hydrogen) atoms. The highest BCUT2D eigenvalue weighted by atomic mass is 16.4. The molecule has 2 aliphatic rings. The fourth-order valence-corrected chi connectivity index (χ4v) is 5.75. The Labute approximate surface area is 235 Å². The standard InChI is InChI=1S/C31H30N4O6/c1-5-16-9-18-11-19-10-17(7-8-25(36)37)28(33-19)27(31(40)41)29-26(30(38)39)15(4)22(35-29)13-24-20(6-2)14(3)21(34-24)12-23(16)32-18/h5,9,11-13,17,32,35H,1,6-8,10H2,2-4H3,(H,36,37)(H,38,39)(H,40,41)/t17-/m0/s1. The monoisotopic (exact) mass is 554 g/mol. The SMILES string of the molecule is C=Cc1cc2cc3nc(c(C(=O)O)c4[nH]c(cc5nc(cc1[nH]2)C(C)=C5CC)c(C)c4C(=O)O)[C@@H](CCC(=O)O)C3. The molecule has 10 nitrogen and oxygen atoms in total. The highest BCUT2D eigenvalue weighted by Gasteiger charge is 2.30. The van der Waals surface area contributed by atoms with Crippen LogP contribution >= 0.6 is 0 Å². The van der Waals surface area contributed by atoms with Crippen molar-refractivity contribution >= 4 is 57.2 Å². The number of allylic oxidation sites excluding steroid dienone is 2. The predicted octanol–water partition coefficient (Wildman–Crippen LogP) is 6.19. The Hall–Kier alpha value is -4.99. The van der Waals surface area contributed by atoms with Crippen LogP contribution in [0.5, 0.6) is 0 Å². The van der Waals surface area contributed by atoms with E-state index in [9.17, 15) is 29.7 Å². The lowest BCUT2D eigenvalue weighted by atomic mass is 9.93. The first kappa shape index (κ1) is 27.6. The molecular formula is C31H30N4O6. The first-order valence-electron chi connectivity index (χ1n) is 13.3. The van der Waals surface area contributed by atoms with Crippen molar-refractivity contribution in [3.8, 4) is 0 Å². The van der Waals surface area contributed by atoms with E-state index in [4.69, 9.17) is 4.98 Å². The third kappa shape index (κ3) is 4.93. The molecule has 3 aromatic heterocycles. The maximum Gasteiger partial charge on any atom is 0.339 e. The second-order valence-electron chi connectivity index (χ2n) is 10.3. The zero-order valence-corrected chi connectivity index (χ0v) is 23.0. The number of carboxylic acid groups (broad SMARTS) is 3. The summed E-state index contributed by atoms with van der Waals surface area (Å²) >= 11 is 0. The molecule has 2 aliphatic heterocycles. The zero-order chi connectivity index (χ0) is 29.6. The molecule has 0 saturated heterocycles. The minimum absolute atomic E-state index is 0.0783. The number of hydrogen-bond donors (Lipinski definition) is 5. The van der Waals surface area contributed by atoms with Gasteiger partial charge in [-0.15, -0.1) is 0 Å². The van der Waals surface area contributed by atoms with Crippen LogP contribution in [0.15, 0.2) is 30.8 Å². The largest absolute Gasteiger partial charge is 0.481 e. The number of rotatable bonds is 7. The van der Waals surface area contributed by atoms with Gasteiger partial charge in [-0.05, 0) is 79.6 Å². The van der Waals surface area contributed by atoms with E-state index in [1.54, 1.807) is 25.1 Å². The number of hydrogen-bond acceptors (Lipinski definition) is 5. The molecule has 8 bridgehead atoms. The number of fused-ring (bicyclic) bond motifs is 8. The van der Waals surface area contributed by atoms with E-state index >= 15 is 0 Å². The summed E-state index contributed by atoms with van der Waals surface area (Å²) in [5, 5.41) is 29.9. The summed E-state index contributed by atoms with van der Waals surface area (Å²) in [6.45, 7) is 9.56. The molecule has 0 aromatic carbocycles. The highest BCUT2D eigenvalue weighted by molar-refractivity contribution is 6.08. The van der Waals surface area contributed by atoms with Gasteiger partial charge >= 0.3 is 17.9 Å². The van der Waals surface area contributed by atoms with Gasteiger partial charge in [0.25, 0.3) is 0 Å². The molecule has 0 saturated carbocycles. The van der Waals surface area contributed by atoms with Crippen LogP contribution in [0.1, 0.15) is 93.6 Å². The average molecular weight is 555 g/mol. The molecule has 0 aliphatic carbocycles. The van der Waals surface area contributed by atoms with Gasteiger partial charge in [0.05, 0.1) is 28.2 Å². The van der Waals surface area contributed by atoms with Crippen LogP contribution in [0.3, 0.4) is 0 Å². The summed E-state index contributed by atoms with van der Waals surface area (Å²) in [5.74, 6) is -4.19. The van der Waals surface area contributed by atoms with Gasteiger partial charge in [-0.3, -0.25) is 9.78 Å². The van der Waals surface area contributed by atoms with Gasteiger partial charge in [0, 0.05) is 34.6 Å². The van der Waals surface area contributed by atoms with Gasteiger partial charge in [0.15, 0.2) is 0 Å². The molecule has 210 valence electrons. The number of nitrogens with one attached hydrogen (secondary N) is 2. The van der Waals surface area contributed by atoms with E-state index in [-0.39, 0.29) is 35.2 Å². The first-order chi connectivity index (χ1) is 19.5. The fraction of sp³-hybridized carbons (Fsp3) is 0.258. The Bertz CT molecular complexity index is 1840. The van der Waals surface area contributed by atoms with Crippen molar-refractivity contribution in [2.75, 3.05) is 0 Å². The number of nitrogens with zero attached hydrogens (tertiary/aromatic N) is 2. The van der Waals surface area contributed by atoms with Gasteiger partial charge < -0.3 is 25.3 Å². The maximum atomic E-state index is 12.8. The molecule has 0 unspecified atom stereocenters. The lowest BCUT2D eigenvalue weighted by molar-refractivity contribution is -0.137. The lowest BCUT2D eigenvalue weighted by Gasteiger charge is -2.10. The third-order valence-electron chi connectivity index (χ3n) is 7.78. The van der Waals surface area contributed by atoms with Crippen LogP contribution in [-0.4, -0.2) is 53.2 Å². The molecule has 5 heterocycles. The highest BCUT2D eigenvalue weighted by Crippen LogP contribution is 2.36. The lowest BCUT2D eigenvalue weighted by Crippen LogP contribution is -2.10. The molecule has 0 amide bonds. The molecule has 5 rings (SSSR count). The van der Waals surface area contributed by atoms with Crippen molar-refractivity contribution in [2.45, 2.75) is 52.4 Å². The van der Waals surface area contributed by atoms with E-state index in [0.717, 1.165) is 27.9 Å². The number of carboxylic acids is 3. The number of aromatic nitrogens is 4. The van der Waals surface area contributed by atoms with Gasteiger partial charge in [-0.25, -0.2) is 14.6 Å². The van der Waals surface area contributed by atoms with Crippen molar-refractivity contribution in [1.82, 2.24) is 19.9 Å². The van der Waals surface area contributed by atoms with E-state index in [2.05, 4.69) is 21.5 Å². The van der Waals surface area contributed by atoms with E-state index in [1.807, 2.05) is 26.0 Å². The summed E-state index contributed by atoms with van der Waals surface area (Å²) in [4.78, 5) is 52.6. The van der Waals surface area contributed by atoms with E-state index in [0.29, 0.717) is 40.8 Å². The first-order valence-corrected chi connectivity index (χ1v) is 13.3. The summed E-state index contributed by atoms with van der Waals surface area (Å²) in [5.41, 5.74) is 6.68. The zero-order valence-electron chi connectivity index (χ0n) is 23.0. The molecule has 5 N–H and O–H groups in total. The molecule has 10 heteroatoms. The van der Waals surface area contributed by atoms with Crippen LogP contribution in [0.4, 0.5) is 0 Å². The van der Waals surface area contributed by atoms with E-state index < -0.39 is 23.8 Å². The van der Waals surface area contributed by atoms with Gasteiger partial charge in [-0.1, -0.05) is 19.6 Å². The molecule has 0 spiro atoms. The molecule has 0 radical (unpaired) electrons. The van der Waals surface area contributed by atoms with Crippen molar-refractivity contribution in [2.24, 2.45) is 0 Å². The fourth-order valence-electron chi connectivity index (χ4n) is 5.75. The molecule has 3 aromatic rings. The second kappa shape index (κ2) is 10.5. The topological polar surface area (TPSA) is 169 Å². The number of aromatic carboxylic acids is 2. The van der Waals surface area contributed by atoms with Crippen molar-refractivity contribution in [3.05, 3.63) is 75.9 Å². The summed E-state index contributed by atoms with van der Waals surface area (Å²) in [7, 11) is 0. The number of aromatic amines is 2. The molecule has 1 atom stereocenters. The van der Waals surface area contributed by atoms with E-state index in [1.165, 1.54) is 0 Å². The van der Waals surface area contributed by atoms with Crippen molar-refractivity contribution < 1.29 is 29.7 Å². The summed E-state index contributed by atoms with van der Waals surface area (Å²) < 4.78 is 0.